The quantitative estimate of drug-likeness (QED) is 0.795. The molecule has 0 saturated carbocycles. The Morgan fingerprint density at radius 3 is 2.44 bits per heavy atom. The van der Waals surface area contributed by atoms with E-state index in [-0.39, 0.29) is 5.91 Å². The average molecular weight is 251 g/mol. The summed E-state index contributed by atoms with van der Waals surface area (Å²) in [4.78, 5) is 16.1. The van der Waals surface area contributed by atoms with Gasteiger partial charge in [-0.15, -0.1) is 10.2 Å². The van der Waals surface area contributed by atoms with Crippen molar-refractivity contribution in [3.8, 4) is 0 Å². The summed E-state index contributed by atoms with van der Waals surface area (Å²) in [6, 6.07) is 3.21. The highest BCUT2D eigenvalue weighted by Gasteiger charge is 2.16. The van der Waals surface area contributed by atoms with Crippen molar-refractivity contribution in [2.45, 2.75) is 13.3 Å². The van der Waals surface area contributed by atoms with Crippen molar-refractivity contribution in [3.63, 3.8) is 0 Å². The van der Waals surface area contributed by atoms with E-state index < -0.39 is 0 Å². The number of hydrogen-bond acceptors (Lipinski definition) is 5. The first kappa shape index (κ1) is 14.4. The van der Waals surface area contributed by atoms with Gasteiger partial charge in [0, 0.05) is 19.6 Å². The Hall–Kier alpha value is -1.69. The van der Waals surface area contributed by atoms with Crippen molar-refractivity contribution in [3.05, 3.63) is 17.8 Å². The van der Waals surface area contributed by atoms with Crippen LogP contribution in [0, 0.1) is 0 Å². The van der Waals surface area contributed by atoms with E-state index in [1.807, 2.05) is 25.9 Å². The summed E-state index contributed by atoms with van der Waals surface area (Å²) in [6.07, 6.45) is 0.918. The topological polar surface area (TPSA) is 75.3 Å². The lowest BCUT2D eigenvalue weighted by molar-refractivity contribution is 0.0738. The third-order valence-electron chi connectivity index (χ3n) is 2.50. The van der Waals surface area contributed by atoms with Crippen LogP contribution in [0.2, 0.25) is 0 Å². The zero-order valence-electron chi connectivity index (χ0n) is 11.3. The Morgan fingerprint density at radius 1 is 1.22 bits per heavy atom. The Morgan fingerprint density at radius 2 is 1.94 bits per heavy atom. The van der Waals surface area contributed by atoms with Crippen LogP contribution in [0.1, 0.15) is 23.8 Å². The number of anilines is 1. The van der Waals surface area contributed by atoms with Crippen molar-refractivity contribution < 1.29 is 4.79 Å². The predicted molar refractivity (Wildman–Crippen MR) is 71.2 cm³/mol. The van der Waals surface area contributed by atoms with E-state index in [2.05, 4.69) is 10.2 Å². The van der Waals surface area contributed by atoms with Crippen molar-refractivity contribution in [2.24, 2.45) is 0 Å². The Balaban J connectivity index is 2.72. The van der Waals surface area contributed by atoms with Crippen molar-refractivity contribution >= 4 is 11.7 Å². The van der Waals surface area contributed by atoms with E-state index >= 15 is 0 Å². The molecule has 0 radical (unpaired) electrons. The molecule has 0 aliphatic carbocycles. The number of carbonyl (C=O) groups is 1. The number of likely N-dealkylation sites (N-methyl/N-ethyl adjacent to an activating group) is 1. The Labute approximate surface area is 108 Å². The van der Waals surface area contributed by atoms with Crippen molar-refractivity contribution in [1.29, 1.82) is 0 Å². The SMILES string of the molecule is CCCN(CCN(C)C)C(=O)c1ccc(N)nn1. The van der Waals surface area contributed by atoms with Gasteiger partial charge in [-0.25, -0.2) is 0 Å². The second-order valence-electron chi connectivity index (χ2n) is 4.44. The summed E-state index contributed by atoms with van der Waals surface area (Å²) < 4.78 is 0. The molecule has 1 amide bonds. The van der Waals surface area contributed by atoms with Crippen molar-refractivity contribution in [2.75, 3.05) is 39.5 Å². The molecule has 100 valence electrons. The van der Waals surface area contributed by atoms with Gasteiger partial charge in [-0.3, -0.25) is 4.79 Å². The standard InChI is InChI=1S/C12H21N5O/c1-4-7-17(9-8-16(2)3)12(18)10-5-6-11(13)15-14-10/h5-6H,4,7-9H2,1-3H3,(H2,13,15). The van der Waals surface area contributed by atoms with E-state index in [4.69, 9.17) is 5.73 Å². The molecule has 6 nitrogen and oxygen atoms in total. The maximum Gasteiger partial charge on any atom is 0.274 e. The fourth-order valence-electron chi connectivity index (χ4n) is 1.52. The van der Waals surface area contributed by atoms with Gasteiger partial charge in [0.1, 0.15) is 5.82 Å². The first-order valence-corrected chi connectivity index (χ1v) is 6.07. The number of nitrogens with zero attached hydrogens (tertiary/aromatic N) is 4. The number of hydrogen-bond donors (Lipinski definition) is 1. The average Bonchev–Trinajstić information content (AvgIpc) is 2.34. The van der Waals surface area contributed by atoms with Gasteiger partial charge in [0.05, 0.1) is 0 Å². The molecule has 0 bridgehead atoms. The van der Waals surface area contributed by atoms with Gasteiger partial charge >= 0.3 is 0 Å². The van der Waals surface area contributed by atoms with Gasteiger partial charge in [-0.05, 0) is 32.6 Å². The minimum atomic E-state index is -0.0915. The van der Waals surface area contributed by atoms with Crippen LogP contribution in [0.25, 0.3) is 0 Å². The summed E-state index contributed by atoms with van der Waals surface area (Å²) >= 11 is 0. The van der Waals surface area contributed by atoms with Crippen LogP contribution in [-0.4, -0.2) is 59.6 Å². The second kappa shape index (κ2) is 6.90. The molecule has 0 fully saturated rings. The third-order valence-corrected chi connectivity index (χ3v) is 2.50. The van der Waals surface area contributed by atoms with Crippen LogP contribution in [0.3, 0.4) is 0 Å². The molecule has 0 aliphatic rings. The van der Waals surface area contributed by atoms with Gasteiger partial charge in [-0.1, -0.05) is 6.92 Å². The molecule has 0 aliphatic heterocycles. The molecule has 0 atom stereocenters. The molecule has 1 heterocycles. The normalized spacial score (nSPS) is 10.7. The van der Waals surface area contributed by atoms with Gasteiger partial charge in [-0.2, -0.15) is 0 Å². The minimum Gasteiger partial charge on any atom is -0.382 e. The predicted octanol–water partition coefficient (Wildman–Crippen LogP) is 0.473. The third kappa shape index (κ3) is 4.29. The first-order chi connectivity index (χ1) is 8.54. The Bertz CT molecular complexity index is 377. The molecule has 1 rings (SSSR count). The molecule has 6 heteroatoms. The highest BCUT2D eigenvalue weighted by Crippen LogP contribution is 2.04. The number of nitrogen functional groups attached to an aromatic ring is 1. The van der Waals surface area contributed by atoms with Crippen molar-refractivity contribution in [1.82, 2.24) is 20.0 Å². The maximum atomic E-state index is 12.2. The number of rotatable bonds is 6. The largest absolute Gasteiger partial charge is 0.382 e. The number of amides is 1. The number of nitrogens with two attached hydrogens (primary N) is 1. The fourth-order valence-corrected chi connectivity index (χ4v) is 1.52. The lowest BCUT2D eigenvalue weighted by atomic mass is 10.3. The highest BCUT2D eigenvalue weighted by atomic mass is 16.2. The molecule has 0 unspecified atom stereocenters. The molecule has 18 heavy (non-hydrogen) atoms. The maximum absolute atomic E-state index is 12.2. The molecule has 0 spiro atoms. The smallest absolute Gasteiger partial charge is 0.274 e. The second-order valence-corrected chi connectivity index (χ2v) is 4.44. The fraction of sp³-hybridized carbons (Fsp3) is 0.583. The van der Waals surface area contributed by atoms with E-state index in [0.29, 0.717) is 18.1 Å². The zero-order chi connectivity index (χ0) is 13.5. The van der Waals surface area contributed by atoms with Gasteiger partial charge in [0.15, 0.2) is 5.69 Å². The summed E-state index contributed by atoms with van der Waals surface area (Å²) in [5.74, 6) is 0.230. The molecular formula is C12H21N5O. The molecule has 1 aromatic rings. The summed E-state index contributed by atoms with van der Waals surface area (Å²) in [6.45, 7) is 4.28. The molecular weight excluding hydrogens is 230 g/mol. The highest BCUT2D eigenvalue weighted by molar-refractivity contribution is 5.92. The van der Waals surface area contributed by atoms with E-state index in [0.717, 1.165) is 19.5 Å². The minimum absolute atomic E-state index is 0.0915. The van der Waals surface area contributed by atoms with Crippen LogP contribution in [-0.2, 0) is 0 Å². The molecule has 0 aromatic carbocycles. The van der Waals surface area contributed by atoms with Gasteiger partial charge < -0.3 is 15.5 Å². The van der Waals surface area contributed by atoms with Crippen LogP contribution >= 0.6 is 0 Å². The van der Waals surface area contributed by atoms with Crippen LogP contribution in [0.5, 0.6) is 0 Å². The summed E-state index contributed by atoms with van der Waals surface area (Å²) in [5.41, 5.74) is 5.80. The lowest BCUT2D eigenvalue weighted by Crippen LogP contribution is -2.37. The Kier molecular flexibility index (Phi) is 5.51. The zero-order valence-corrected chi connectivity index (χ0v) is 11.3. The molecule has 0 saturated heterocycles. The van der Waals surface area contributed by atoms with E-state index in [1.165, 1.54) is 0 Å². The van der Waals surface area contributed by atoms with Crippen LogP contribution < -0.4 is 5.73 Å². The monoisotopic (exact) mass is 251 g/mol. The summed E-state index contributed by atoms with van der Waals surface area (Å²) in [7, 11) is 3.97. The lowest BCUT2D eigenvalue weighted by Gasteiger charge is -2.23. The summed E-state index contributed by atoms with van der Waals surface area (Å²) in [5, 5.41) is 7.54. The van der Waals surface area contributed by atoms with E-state index in [9.17, 15) is 4.79 Å². The van der Waals surface area contributed by atoms with Crippen LogP contribution in [0.4, 0.5) is 5.82 Å². The first-order valence-electron chi connectivity index (χ1n) is 6.07. The molecule has 2 N–H and O–H groups in total. The number of carbonyl (C=O) groups excluding carboxylic acids is 1. The van der Waals surface area contributed by atoms with E-state index in [1.54, 1.807) is 17.0 Å². The van der Waals surface area contributed by atoms with Gasteiger partial charge in [0.25, 0.3) is 5.91 Å². The molecule has 1 aromatic heterocycles. The van der Waals surface area contributed by atoms with Crippen LogP contribution in [0.15, 0.2) is 12.1 Å². The number of aromatic nitrogens is 2. The van der Waals surface area contributed by atoms with Gasteiger partial charge in [0.2, 0.25) is 0 Å².